The Balaban J connectivity index is 2.63. The number of piperidine rings is 1. The second-order valence-electron chi connectivity index (χ2n) is 4.97. The number of carboxylic acid groups (broad SMARTS) is 1. The molecule has 1 amide bonds. The molecule has 0 radical (unpaired) electrons. The fourth-order valence-electron chi connectivity index (χ4n) is 2.03. The highest BCUT2D eigenvalue weighted by Crippen LogP contribution is 2.29. The van der Waals surface area contributed by atoms with E-state index in [4.69, 9.17) is 10.8 Å². The predicted molar refractivity (Wildman–Crippen MR) is 59.8 cm³/mol. The van der Waals surface area contributed by atoms with Crippen LogP contribution in [0.2, 0.25) is 0 Å². The van der Waals surface area contributed by atoms with Gasteiger partial charge in [-0.25, -0.2) is 0 Å². The van der Waals surface area contributed by atoms with E-state index in [0.717, 1.165) is 6.42 Å². The maximum absolute atomic E-state index is 11.8. The lowest BCUT2D eigenvalue weighted by atomic mass is 9.82. The van der Waals surface area contributed by atoms with Crippen LogP contribution in [0.5, 0.6) is 0 Å². The second-order valence-corrected chi connectivity index (χ2v) is 4.97. The van der Waals surface area contributed by atoms with Gasteiger partial charge in [0.2, 0.25) is 5.91 Å². The first-order valence-corrected chi connectivity index (χ1v) is 5.62. The summed E-state index contributed by atoms with van der Waals surface area (Å²) in [5.74, 6) is -0.868. The Labute approximate surface area is 95.6 Å². The zero-order chi connectivity index (χ0) is 12.3. The Morgan fingerprint density at radius 2 is 2.19 bits per heavy atom. The summed E-state index contributed by atoms with van der Waals surface area (Å²) in [6, 6.07) is -0.175. The normalized spacial score (nSPS) is 27.6. The monoisotopic (exact) mass is 228 g/mol. The minimum absolute atomic E-state index is 0.0397. The molecule has 5 heteroatoms. The van der Waals surface area contributed by atoms with Crippen molar-refractivity contribution in [3.8, 4) is 0 Å². The Bertz CT molecular complexity index is 291. The first-order chi connectivity index (χ1) is 7.35. The van der Waals surface area contributed by atoms with Gasteiger partial charge in [0.15, 0.2) is 0 Å². The van der Waals surface area contributed by atoms with Crippen LogP contribution in [-0.4, -0.2) is 41.0 Å². The largest absolute Gasteiger partial charge is 0.481 e. The number of likely N-dealkylation sites (tertiary alicyclic amines) is 1. The lowest BCUT2D eigenvalue weighted by molar-refractivity contribution is -0.153. The van der Waals surface area contributed by atoms with Crippen LogP contribution in [0, 0.1) is 5.41 Å². The number of carbonyl (C=O) groups excluding carboxylic acids is 1. The number of amides is 1. The molecule has 1 aliphatic rings. The lowest BCUT2D eigenvalue weighted by Crippen LogP contribution is -2.49. The van der Waals surface area contributed by atoms with E-state index < -0.39 is 11.4 Å². The number of carboxylic acids is 1. The van der Waals surface area contributed by atoms with E-state index in [-0.39, 0.29) is 18.4 Å². The Kier molecular flexibility index (Phi) is 3.91. The quantitative estimate of drug-likeness (QED) is 0.734. The number of aliphatic carboxylic acids is 1. The maximum atomic E-state index is 11.8. The predicted octanol–water partition coefficient (Wildman–Crippen LogP) is 0.437. The van der Waals surface area contributed by atoms with E-state index in [1.54, 1.807) is 18.7 Å². The van der Waals surface area contributed by atoms with E-state index in [9.17, 15) is 9.59 Å². The average molecular weight is 228 g/mol. The van der Waals surface area contributed by atoms with E-state index in [1.807, 2.05) is 0 Å². The first-order valence-electron chi connectivity index (χ1n) is 5.62. The van der Waals surface area contributed by atoms with Crippen LogP contribution in [0.25, 0.3) is 0 Å². The molecule has 1 rings (SSSR count). The van der Waals surface area contributed by atoms with Gasteiger partial charge in [-0.05, 0) is 26.7 Å². The summed E-state index contributed by atoms with van der Waals surface area (Å²) in [6.07, 6.45) is 1.66. The molecular formula is C11H20N2O3. The van der Waals surface area contributed by atoms with Crippen LogP contribution in [0.1, 0.15) is 33.1 Å². The van der Waals surface area contributed by atoms with Crippen LogP contribution in [-0.2, 0) is 9.59 Å². The molecule has 2 atom stereocenters. The SMILES string of the molecule is CC(N)CC(=O)N1CCCC(C)(C(=O)O)C1. The molecule has 1 saturated heterocycles. The fraction of sp³-hybridized carbons (Fsp3) is 0.818. The van der Waals surface area contributed by atoms with Gasteiger partial charge in [0, 0.05) is 25.6 Å². The van der Waals surface area contributed by atoms with Crippen molar-refractivity contribution < 1.29 is 14.7 Å². The summed E-state index contributed by atoms with van der Waals surface area (Å²) < 4.78 is 0. The zero-order valence-electron chi connectivity index (χ0n) is 9.90. The minimum atomic E-state index is -0.828. The molecule has 0 aromatic carbocycles. The standard InChI is InChI=1S/C11H20N2O3/c1-8(12)6-9(14)13-5-3-4-11(2,7-13)10(15)16/h8H,3-7,12H2,1-2H3,(H,15,16). The number of nitrogens with zero attached hydrogens (tertiary/aromatic N) is 1. The molecule has 1 heterocycles. The third-order valence-corrected chi connectivity index (χ3v) is 3.06. The Hall–Kier alpha value is -1.10. The molecule has 5 nitrogen and oxygen atoms in total. The van der Waals surface area contributed by atoms with Crippen LogP contribution in [0.4, 0.5) is 0 Å². The van der Waals surface area contributed by atoms with Gasteiger partial charge in [-0.3, -0.25) is 9.59 Å². The summed E-state index contributed by atoms with van der Waals surface area (Å²) in [6.45, 7) is 4.42. The van der Waals surface area contributed by atoms with Crippen LogP contribution < -0.4 is 5.73 Å². The number of carbonyl (C=O) groups is 2. The minimum Gasteiger partial charge on any atom is -0.481 e. The van der Waals surface area contributed by atoms with Crippen molar-refractivity contribution in [1.82, 2.24) is 4.90 Å². The smallest absolute Gasteiger partial charge is 0.311 e. The third kappa shape index (κ3) is 2.95. The number of rotatable bonds is 3. The van der Waals surface area contributed by atoms with Gasteiger partial charge in [-0.1, -0.05) is 0 Å². The summed E-state index contributed by atoms with van der Waals surface area (Å²) in [5.41, 5.74) is 4.76. The van der Waals surface area contributed by atoms with Crippen molar-refractivity contribution in [3.63, 3.8) is 0 Å². The van der Waals surface area contributed by atoms with Gasteiger partial charge < -0.3 is 15.7 Å². The molecule has 0 saturated carbocycles. The number of nitrogens with two attached hydrogens (primary N) is 1. The highest BCUT2D eigenvalue weighted by molar-refractivity contribution is 5.79. The van der Waals surface area contributed by atoms with E-state index in [0.29, 0.717) is 19.5 Å². The van der Waals surface area contributed by atoms with E-state index >= 15 is 0 Å². The van der Waals surface area contributed by atoms with Gasteiger partial charge in [-0.2, -0.15) is 0 Å². The van der Waals surface area contributed by atoms with Gasteiger partial charge in [0.05, 0.1) is 5.41 Å². The lowest BCUT2D eigenvalue weighted by Gasteiger charge is -2.37. The molecule has 1 fully saturated rings. The van der Waals surface area contributed by atoms with Crippen LogP contribution in [0.15, 0.2) is 0 Å². The zero-order valence-corrected chi connectivity index (χ0v) is 9.90. The van der Waals surface area contributed by atoms with Crippen molar-refractivity contribution in [3.05, 3.63) is 0 Å². The molecular weight excluding hydrogens is 208 g/mol. The molecule has 0 aliphatic carbocycles. The maximum Gasteiger partial charge on any atom is 0.311 e. The third-order valence-electron chi connectivity index (χ3n) is 3.06. The molecule has 16 heavy (non-hydrogen) atoms. The molecule has 92 valence electrons. The van der Waals surface area contributed by atoms with Crippen molar-refractivity contribution in [2.45, 2.75) is 39.2 Å². The molecule has 1 aliphatic heterocycles. The average Bonchev–Trinajstić information content (AvgIpc) is 2.16. The summed E-state index contributed by atoms with van der Waals surface area (Å²) in [4.78, 5) is 24.5. The van der Waals surface area contributed by atoms with Crippen molar-refractivity contribution in [2.75, 3.05) is 13.1 Å². The summed E-state index contributed by atoms with van der Waals surface area (Å²) in [7, 11) is 0. The number of hydrogen-bond acceptors (Lipinski definition) is 3. The van der Waals surface area contributed by atoms with Gasteiger partial charge in [0.1, 0.15) is 0 Å². The van der Waals surface area contributed by atoms with Crippen LogP contribution in [0.3, 0.4) is 0 Å². The Morgan fingerprint density at radius 3 is 2.69 bits per heavy atom. The van der Waals surface area contributed by atoms with Crippen molar-refractivity contribution >= 4 is 11.9 Å². The van der Waals surface area contributed by atoms with E-state index in [2.05, 4.69) is 0 Å². The van der Waals surface area contributed by atoms with Crippen molar-refractivity contribution in [2.24, 2.45) is 11.1 Å². The van der Waals surface area contributed by atoms with Gasteiger partial charge in [-0.15, -0.1) is 0 Å². The fourth-order valence-corrected chi connectivity index (χ4v) is 2.03. The summed E-state index contributed by atoms with van der Waals surface area (Å²) >= 11 is 0. The Morgan fingerprint density at radius 1 is 1.56 bits per heavy atom. The van der Waals surface area contributed by atoms with Gasteiger partial charge >= 0.3 is 5.97 Å². The molecule has 0 spiro atoms. The topological polar surface area (TPSA) is 83.6 Å². The molecule has 3 N–H and O–H groups in total. The van der Waals surface area contributed by atoms with Crippen molar-refractivity contribution in [1.29, 1.82) is 0 Å². The van der Waals surface area contributed by atoms with Crippen LogP contribution >= 0.6 is 0 Å². The molecule has 0 aromatic heterocycles. The summed E-state index contributed by atoms with van der Waals surface area (Å²) in [5, 5.41) is 9.12. The highest BCUT2D eigenvalue weighted by Gasteiger charge is 2.39. The van der Waals surface area contributed by atoms with E-state index in [1.165, 1.54) is 0 Å². The molecule has 0 bridgehead atoms. The highest BCUT2D eigenvalue weighted by atomic mass is 16.4. The number of hydrogen-bond donors (Lipinski definition) is 2. The first kappa shape index (κ1) is 13.0. The molecule has 0 aromatic rings. The molecule has 2 unspecified atom stereocenters. The second kappa shape index (κ2) is 4.82. The van der Waals surface area contributed by atoms with Gasteiger partial charge in [0.25, 0.3) is 0 Å².